The number of ether oxygens (including phenoxy) is 3. The lowest BCUT2D eigenvalue weighted by molar-refractivity contribution is -0.171. The molecule has 192 valence electrons. The van der Waals surface area contributed by atoms with Crippen LogP contribution in [0.2, 0.25) is 0 Å². The average molecular weight is 469 g/mol. The van der Waals surface area contributed by atoms with E-state index in [2.05, 4.69) is 19.1 Å². The first-order valence-corrected chi connectivity index (χ1v) is 13.3. The van der Waals surface area contributed by atoms with Crippen molar-refractivity contribution >= 4 is 5.97 Å². The molecule has 4 atom stereocenters. The zero-order chi connectivity index (χ0) is 24.1. The summed E-state index contributed by atoms with van der Waals surface area (Å²) < 4.78 is 17.3. The molecule has 0 aromatic heterocycles. The lowest BCUT2D eigenvalue weighted by Gasteiger charge is -2.31. The smallest absolute Gasteiger partial charge is 0.308 e. The first kappa shape index (κ1) is 28.3. The molecule has 1 aliphatic heterocycles. The summed E-state index contributed by atoms with van der Waals surface area (Å²) in [5.41, 5.74) is 0. The van der Waals surface area contributed by atoms with E-state index in [1.54, 1.807) is 0 Å². The minimum absolute atomic E-state index is 0.0537. The van der Waals surface area contributed by atoms with Crippen LogP contribution >= 0.6 is 0 Å². The minimum Gasteiger partial charge on any atom is -0.465 e. The van der Waals surface area contributed by atoms with Crippen LogP contribution in [0.1, 0.15) is 97.8 Å². The number of hydrogen-bond acceptors (Lipinski definition) is 6. The highest BCUT2D eigenvalue weighted by Crippen LogP contribution is 2.41. The second-order valence-electron chi connectivity index (χ2n) is 10.2. The topological polar surface area (TPSA) is 85.2 Å². The van der Waals surface area contributed by atoms with Gasteiger partial charge in [-0.1, -0.05) is 58.6 Å². The van der Waals surface area contributed by atoms with Gasteiger partial charge < -0.3 is 24.4 Å². The van der Waals surface area contributed by atoms with Crippen molar-refractivity contribution in [2.75, 3.05) is 19.8 Å². The van der Waals surface area contributed by atoms with Crippen molar-refractivity contribution in [3.8, 4) is 0 Å². The van der Waals surface area contributed by atoms with E-state index in [4.69, 9.17) is 14.2 Å². The van der Waals surface area contributed by atoms with Crippen LogP contribution in [0.25, 0.3) is 0 Å². The molecule has 6 nitrogen and oxygen atoms in total. The van der Waals surface area contributed by atoms with Gasteiger partial charge in [-0.05, 0) is 50.4 Å². The fourth-order valence-electron chi connectivity index (χ4n) is 5.11. The molecule has 0 bridgehead atoms. The van der Waals surface area contributed by atoms with Gasteiger partial charge in [0.15, 0.2) is 5.79 Å². The van der Waals surface area contributed by atoms with Crippen molar-refractivity contribution in [3.63, 3.8) is 0 Å². The van der Waals surface area contributed by atoms with E-state index < -0.39 is 18.0 Å². The molecule has 0 unspecified atom stereocenters. The number of carbonyl (C=O) groups is 1. The lowest BCUT2D eigenvalue weighted by atomic mass is 9.85. The van der Waals surface area contributed by atoms with Crippen LogP contribution in [0, 0.1) is 17.8 Å². The van der Waals surface area contributed by atoms with Crippen LogP contribution in [0.3, 0.4) is 0 Å². The molecule has 0 aromatic carbocycles. The van der Waals surface area contributed by atoms with Gasteiger partial charge >= 0.3 is 5.97 Å². The van der Waals surface area contributed by atoms with Crippen molar-refractivity contribution in [1.29, 1.82) is 0 Å². The summed E-state index contributed by atoms with van der Waals surface area (Å²) >= 11 is 0. The first-order valence-electron chi connectivity index (χ1n) is 13.3. The third-order valence-electron chi connectivity index (χ3n) is 7.16. The molecule has 1 aliphatic carbocycles. The Kier molecular flexibility index (Phi) is 13.0. The Morgan fingerprint density at radius 1 is 1.00 bits per heavy atom. The van der Waals surface area contributed by atoms with Crippen molar-refractivity contribution < 1.29 is 29.2 Å². The molecule has 33 heavy (non-hydrogen) atoms. The summed E-state index contributed by atoms with van der Waals surface area (Å²) in [6.07, 6.45) is 14.7. The zero-order valence-corrected chi connectivity index (χ0v) is 21.2. The Bertz CT molecular complexity index is 569. The predicted octanol–water partition coefficient (Wildman–Crippen LogP) is 5.15. The highest BCUT2D eigenvalue weighted by molar-refractivity contribution is 5.71. The van der Waals surface area contributed by atoms with Crippen LogP contribution in [0.15, 0.2) is 12.2 Å². The van der Waals surface area contributed by atoms with Gasteiger partial charge in [0.1, 0.15) is 0 Å². The second-order valence-corrected chi connectivity index (χ2v) is 10.2. The van der Waals surface area contributed by atoms with Crippen molar-refractivity contribution in [3.05, 3.63) is 12.2 Å². The summed E-state index contributed by atoms with van der Waals surface area (Å²) in [6, 6.07) is 0. The maximum absolute atomic E-state index is 11.5. The number of aliphatic hydroxyl groups excluding tert-OH is 2. The van der Waals surface area contributed by atoms with E-state index in [0.717, 1.165) is 44.9 Å². The van der Waals surface area contributed by atoms with Crippen LogP contribution in [-0.4, -0.2) is 54.0 Å². The minimum atomic E-state index is -0.507. The van der Waals surface area contributed by atoms with E-state index >= 15 is 0 Å². The Hall–Kier alpha value is -0.950. The van der Waals surface area contributed by atoms with Crippen LogP contribution < -0.4 is 0 Å². The number of aliphatic hydroxyl groups is 2. The molecule has 0 spiro atoms. The highest BCUT2D eigenvalue weighted by atomic mass is 16.7. The van der Waals surface area contributed by atoms with Crippen molar-refractivity contribution in [2.45, 2.75) is 116 Å². The number of allylic oxidation sites excluding steroid dienone is 2. The Morgan fingerprint density at radius 2 is 1.70 bits per heavy atom. The fraction of sp³-hybridized carbons (Fsp3) is 0.889. The second kappa shape index (κ2) is 15.1. The molecule has 2 aliphatic rings. The molecule has 6 heteroatoms. The quantitative estimate of drug-likeness (QED) is 0.185. The predicted molar refractivity (Wildman–Crippen MR) is 130 cm³/mol. The summed E-state index contributed by atoms with van der Waals surface area (Å²) in [5, 5.41) is 21.2. The Labute approximate surface area is 201 Å². The number of hydrogen-bond donors (Lipinski definition) is 2. The first-order chi connectivity index (χ1) is 15.9. The monoisotopic (exact) mass is 468 g/mol. The number of unbranched alkanes of at least 4 members (excludes halogenated alkanes) is 5. The standard InChI is InChI=1S/C27H48O6/c1-4-5-6-8-11-15-27(32-18-19-33-27)16-14-23-22(24(28)20-25(23)29)13-10-7-9-12-17-31-26(30)21(2)3/h7,10,21-25,28-29H,4-6,8-9,11-20H2,1-3H3/t22-,23-,24+,25-/m1/s1. The third-order valence-corrected chi connectivity index (χ3v) is 7.16. The van der Waals surface area contributed by atoms with Crippen molar-refractivity contribution in [1.82, 2.24) is 0 Å². The molecule has 2 rings (SSSR count). The summed E-state index contributed by atoms with van der Waals surface area (Å²) in [6.45, 7) is 7.62. The molecule has 1 saturated heterocycles. The molecule has 2 N–H and O–H groups in total. The van der Waals surface area contributed by atoms with E-state index in [1.807, 2.05) is 13.8 Å². The van der Waals surface area contributed by atoms with Gasteiger partial charge in [-0.15, -0.1) is 0 Å². The number of carbonyl (C=O) groups excluding carboxylic acids is 1. The van der Waals surface area contributed by atoms with Gasteiger partial charge in [-0.3, -0.25) is 4.79 Å². The van der Waals surface area contributed by atoms with Crippen LogP contribution in [0.5, 0.6) is 0 Å². The van der Waals surface area contributed by atoms with Gasteiger partial charge in [-0.2, -0.15) is 0 Å². The molecule has 2 fully saturated rings. The summed E-state index contributed by atoms with van der Waals surface area (Å²) in [5.74, 6) is -0.640. The van der Waals surface area contributed by atoms with E-state index in [-0.39, 0.29) is 23.7 Å². The highest BCUT2D eigenvalue weighted by Gasteiger charge is 2.43. The average Bonchev–Trinajstić information content (AvgIpc) is 3.35. The summed E-state index contributed by atoms with van der Waals surface area (Å²) in [4.78, 5) is 11.5. The maximum Gasteiger partial charge on any atom is 0.308 e. The zero-order valence-electron chi connectivity index (χ0n) is 21.2. The number of esters is 1. The van der Waals surface area contributed by atoms with Crippen LogP contribution in [0.4, 0.5) is 0 Å². The normalized spacial score (nSPS) is 27.1. The van der Waals surface area contributed by atoms with Gasteiger partial charge in [0.05, 0.1) is 37.9 Å². The van der Waals surface area contributed by atoms with Crippen molar-refractivity contribution in [2.24, 2.45) is 17.8 Å². The van der Waals surface area contributed by atoms with E-state index in [9.17, 15) is 15.0 Å². The molecular formula is C27H48O6. The SMILES string of the molecule is CCCCCCCC1(CC[C@@H]2[C@@H](CC=CCCCOC(=O)C(C)C)[C@@H](O)C[C@H]2O)OCCO1. The number of rotatable bonds is 16. The van der Waals surface area contributed by atoms with Gasteiger partial charge in [0, 0.05) is 12.8 Å². The third kappa shape index (κ3) is 9.67. The molecule has 1 heterocycles. The Balaban J connectivity index is 1.77. The van der Waals surface area contributed by atoms with E-state index in [0.29, 0.717) is 26.2 Å². The molecule has 0 amide bonds. The lowest BCUT2D eigenvalue weighted by Crippen LogP contribution is -2.33. The maximum atomic E-state index is 11.5. The molecule has 1 saturated carbocycles. The molecular weight excluding hydrogens is 420 g/mol. The fourth-order valence-corrected chi connectivity index (χ4v) is 5.11. The van der Waals surface area contributed by atoms with Gasteiger partial charge in [0.25, 0.3) is 0 Å². The van der Waals surface area contributed by atoms with Crippen LogP contribution in [-0.2, 0) is 19.0 Å². The molecule has 0 radical (unpaired) electrons. The van der Waals surface area contributed by atoms with E-state index in [1.165, 1.54) is 25.7 Å². The van der Waals surface area contributed by atoms with Gasteiger partial charge in [0.2, 0.25) is 0 Å². The molecule has 0 aromatic rings. The van der Waals surface area contributed by atoms with Gasteiger partial charge in [-0.25, -0.2) is 0 Å². The largest absolute Gasteiger partial charge is 0.465 e. The summed E-state index contributed by atoms with van der Waals surface area (Å²) in [7, 11) is 0. The Morgan fingerprint density at radius 3 is 2.39 bits per heavy atom.